The summed E-state index contributed by atoms with van der Waals surface area (Å²) in [6, 6.07) is 29.6. The molecule has 0 heterocycles. The first-order valence-corrected chi connectivity index (χ1v) is 14.6. The fourth-order valence-electron chi connectivity index (χ4n) is 4.40. The van der Waals surface area contributed by atoms with Crippen LogP contribution in [0.1, 0.15) is 46.9 Å². The molecule has 40 heavy (non-hydrogen) atoms. The summed E-state index contributed by atoms with van der Waals surface area (Å²) in [4.78, 5) is 26.6. The van der Waals surface area contributed by atoms with Gasteiger partial charge < -0.3 is 10.6 Å². The van der Waals surface area contributed by atoms with Crippen LogP contribution in [0.15, 0.2) is 108 Å². The van der Waals surface area contributed by atoms with Gasteiger partial charge in [0.15, 0.2) is 0 Å². The van der Waals surface area contributed by atoms with Crippen LogP contribution in [0.4, 0.5) is 11.4 Å². The summed E-state index contributed by atoms with van der Waals surface area (Å²) in [6.45, 7) is 5.22. The number of carbonyl (C=O) groups is 2. The third kappa shape index (κ3) is 6.58. The van der Waals surface area contributed by atoms with Gasteiger partial charge in [-0.3, -0.25) is 13.9 Å². The van der Waals surface area contributed by atoms with E-state index in [4.69, 9.17) is 0 Å². The first-order valence-electron chi connectivity index (χ1n) is 13.1. The highest BCUT2D eigenvalue weighted by molar-refractivity contribution is 7.92. The van der Waals surface area contributed by atoms with Crippen molar-refractivity contribution < 1.29 is 18.0 Å². The Morgan fingerprint density at radius 1 is 0.825 bits per heavy atom. The monoisotopic (exact) mass is 555 g/mol. The zero-order valence-electron chi connectivity index (χ0n) is 22.8. The molecule has 0 aromatic heterocycles. The van der Waals surface area contributed by atoms with Gasteiger partial charge in [-0.05, 0) is 61.7 Å². The lowest BCUT2D eigenvalue weighted by atomic mass is 10.1. The molecule has 7 nitrogen and oxygen atoms in total. The number of carbonyl (C=O) groups excluding carboxylic acids is 2. The molecule has 0 fully saturated rings. The smallest absolute Gasteiger partial charge is 0.264 e. The Morgan fingerprint density at radius 3 is 2.15 bits per heavy atom. The van der Waals surface area contributed by atoms with E-state index in [1.165, 1.54) is 12.1 Å². The highest BCUT2D eigenvalue weighted by Crippen LogP contribution is 2.28. The third-order valence-electron chi connectivity index (χ3n) is 6.63. The van der Waals surface area contributed by atoms with Crippen LogP contribution in [0, 0.1) is 6.92 Å². The molecular weight excluding hydrogens is 522 g/mol. The quantitative estimate of drug-likeness (QED) is 0.255. The molecule has 2 amide bonds. The zero-order valence-corrected chi connectivity index (χ0v) is 23.6. The van der Waals surface area contributed by atoms with Crippen molar-refractivity contribution in [3.05, 3.63) is 125 Å². The van der Waals surface area contributed by atoms with E-state index in [0.717, 1.165) is 21.0 Å². The second kappa shape index (κ2) is 12.6. The van der Waals surface area contributed by atoms with E-state index < -0.39 is 22.5 Å². The van der Waals surface area contributed by atoms with Gasteiger partial charge in [-0.25, -0.2) is 8.42 Å². The lowest BCUT2D eigenvalue weighted by Crippen LogP contribution is -2.39. The fourth-order valence-corrected chi connectivity index (χ4v) is 5.86. The average Bonchev–Trinajstić information content (AvgIpc) is 2.96. The van der Waals surface area contributed by atoms with Crippen LogP contribution in [0.5, 0.6) is 0 Å². The second-order valence-electron chi connectivity index (χ2n) is 9.51. The molecule has 4 aromatic carbocycles. The predicted octanol–water partition coefficient (Wildman–Crippen LogP) is 5.88. The fraction of sp³-hybridized carbons (Fsp3) is 0.188. The number of anilines is 2. The van der Waals surface area contributed by atoms with Gasteiger partial charge in [0, 0.05) is 0 Å². The summed E-state index contributed by atoms with van der Waals surface area (Å²) in [5.41, 5.74) is 3.67. The number of nitrogens with zero attached hydrogens (tertiary/aromatic N) is 1. The van der Waals surface area contributed by atoms with Crippen molar-refractivity contribution >= 4 is 33.2 Å². The average molecular weight is 556 g/mol. The van der Waals surface area contributed by atoms with E-state index in [1.807, 2.05) is 63.2 Å². The Bertz CT molecular complexity index is 1590. The maximum Gasteiger partial charge on any atom is 0.264 e. The molecule has 1 atom stereocenters. The van der Waals surface area contributed by atoms with Crippen LogP contribution in [0.2, 0.25) is 0 Å². The topological polar surface area (TPSA) is 95.6 Å². The van der Waals surface area contributed by atoms with E-state index >= 15 is 0 Å². The predicted molar refractivity (Wildman–Crippen MR) is 159 cm³/mol. The molecule has 4 aromatic rings. The molecule has 0 saturated heterocycles. The lowest BCUT2D eigenvalue weighted by molar-refractivity contribution is -0.114. The number of rotatable bonds is 10. The van der Waals surface area contributed by atoms with Gasteiger partial charge in [-0.1, -0.05) is 85.3 Å². The van der Waals surface area contributed by atoms with Crippen molar-refractivity contribution in [3.63, 3.8) is 0 Å². The van der Waals surface area contributed by atoms with Crippen LogP contribution in [-0.4, -0.2) is 26.8 Å². The first-order chi connectivity index (χ1) is 19.2. The van der Waals surface area contributed by atoms with Crippen molar-refractivity contribution in [2.24, 2.45) is 0 Å². The van der Waals surface area contributed by atoms with Crippen LogP contribution in [0.25, 0.3) is 0 Å². The maximum absolute atomic E-state index is 13.8. The van der Waals surface area contributed by atoms with E-state index in [0.29, 0.717) is 17.8 Å². The molecule has 0 aliphatic rings. The minimum absolute atomic E-state index is 0.0893. The largest absolute Gasteiger partial charge is 0.345 e. The van der Waals surface area contributed by atoms with E-state index in [1.54, 1.807) is 48.5 Å². The Morgan fingerprint density at radius 2 is 1.45 bits per heavy atom. The third-order valence-corrected chi connectivity index (χ3v) is 8.40. The summed E-state index contributed by atoms with van der Waals surface area (Å²) >= 11 is 0. The van der Waals surface area contributed by atoms with Crippen molar-refractivity contribution in [2.75, 3.05) is 16.2 Å². The zero-order chi connectivity index (χ0) is 28.7. The van der Waals surface area contributed by atoms with Gasteiger partial charge >= 0.3 is 0 Å². The van der Waals surface area contributed by atoms with Gasteiger partial charge in [-0.2, -0.15) is 0 Å². The van der Waals surface area contributed by atoms with Gasteiger partial charge in [0.05, 0.1) is 27.9 Å². The van der Waals surface area contributed by atoms with Crippen LogP contribution >= 0.6 is 0 Å². The van der Waals surface area contributed by atoms with Crippen molar-refractivity contribution in [1.29, 1.82) is 0 Å². The molecule has 0 aliphatic carbocycles. The van der Waals surface area contributed by atoms with Gasteiger partial charge in [0.2, 0.25) is 5.91 Å². The Hall–Kier alpha value is -4.43. The summed E-state index contributed by atoms with van der Waals surface area (Å²) in [5.74, 6) is -0.925. The molecule has 0 radical (unpaired) electrons. The highest BCUT2D eigenvalue weighted by atomic mass is 32.2. The molecule has 4 rings (SSSR count). The summed E-state index contributed by atoms with van der Waals surface area (Å²) < 4.78 is 28.8. The summed E-state index contributed by atoms with van der Waals surface area (Å²) in [6.07, 6.45) is 0.584. The molecule has 0 aliphatic heterocycles. The SMILES string of the molecule is CCc1ccccc1N(CC(=O)Nc1ccccc1C(=O)N[C@@H](C)c1ccccc1)S(=O)(=O)c1ccc(C)cc1. The van der Waals surface area contributed by atoms with Crippen LogP contribution in [-0.2, 0) is 21.2 Å². The first kappa shape index (κ1) is 28.6. The molecule has 206 valence electrons. The second-order valence-corrected chi connectivity index (χ2v) is 11.4. The molecule has 0 spiro atoms. The molecule has 2 N–H and O–H groups in total. The molecule has 0 unspecified atom stereocenters. The number of benzene rings is 4. The Kier molecular flexibility index (Phi) is 9.01. The number of sulfonamides is 1. The molecule has 8 heteroatoms. The van der Waals surface area contributed by atoms with Crippen molar-refractivity contribution in [2.45, 2.75) is 38.1 Å². The summed E-state index contributed by atoms with van der Waals surface area (Å²) in [5, 5.41) is 5.73. The number of amides is 2. The van der Waals surface area contributed by atoms with Gasteiger partial charge in [0.1, 0.15) is 6.54 Å². The van der Waals surface area contributed by atoms with Gasteiger partial charge in [-0.15, -0.1) is 0 Å². The lowest BCUT2D eigenvalue weighted by Gasteiger charge is -2.26. The number of nitrogens with one attached hydrogen (secondary N) is 2. The number of hydrogen-bond acceptors (Lipinski definition) is 4. The number of hydrogen-bond donors (Lipinski definition) is 2. The Balaban J connectivity index is 1.61. The van der Waals surface area contributed by atoms with E-state index in [9.17, 15) is 18.0 Å². The highest BCUT2D eigenvalue weighted by Gasteiger charge is 2.29. The number of para-hydroxylation sites is 2. The van der Waals surface area contributed by atoms with Crippen molar-refractivity contribution in [1.82, 2.24) is 5.32 Å². The van der Waals surface area contributed by atoms with E-state index in [2.05, 4.69) is 10.6 Å². The minimum atomic E-state index is -4.07. The summed E-state index contributed by atoms with van der Waals surface area (Å²) in [7, 11) is -4.07. The number of aryl methyl sites for hydroxylation is 2. The maximum atomic E-state index is 13.8. The minimum Gasteiger partial charge on any atom is -0.345 e. The van der Waals surface area contributed by atoms with Crippen LogP contribution in [0.3, 0.4) is 0 Å². The van der Waals surface area contributed by atoms with E-state index in [-0.39, 0.29) is 22.4 Å². The van der Waals surface area contributed by atoms with Crippen LogP contribution < -0.4 is 14.9 Å². The standard InChI is InChI=1S/C32H33N3O4S/c1-4-25-12-8-11-17-30(25)35(40(38,39)27-20-18-23(2)19-21-27)22-31(36)34-29-16-10-9-15-28(29)32(37)33-24(3)26-13-6-5-7-14-26/h5-21,24H,4,22H2,1-3H3,(H,33,37)(H,34,36)/t24-/m0/s1. The van der Waals surface area contributed by atoms with Gasteiger partial charge in [0.25, 0.3) is 15.9 Å². The Labute approximate surface area is 235 Å². The molecule has 0 bridgehead atoms. The van der Waals surface area contributed by atoms with Crippen molar-refractivity contribution in [3.8, 4) is 0 Å². The molecular formula is C32H33N3O4S. The normalized spacial score (nSPS) is 11.9. The molecule has 0 saturated carbocycles.